The molecule has 1 fully saturated rings. The Kier molecular flexibility index (Phi) is 4.50. The standard InChI is InChI=1S/C14H20N2O3/c1-11(17)13-7-4-5-9-15(13)10-12-6-2-3-8-14(12)16(18)19/h2-3,6,8,11,13,17H,4-5,7,9-10H2,1H3/t11-,13-/m1/s1. The van der Waals surface area contributed by atoms with E-state index >= 15 is 0 Å². The topological polar surface area (TPSA) is 66.6 Å². The molecule has 1 N–H and O–H groups in total. The molecule has 0 radical (unpaired) electrons. The highest BCUT2D eigenvalue weighted by atomic mass is 16.6. The van der Waals surface area contributed by atoms with E-state index in [9.17, 15) is 15.2 Å². The first-order valence-electron chi connectivity index (χ1n) is 6.74. The first-order valence-corrected chi connectivity index (χ1v) is 6.74. The van der Waals surface area contributed by atoms with Crippen molar-refractivity contribution in [1.29, 1.82) is 0 Å². The molecule has 0 saturated carbocycles. The molecule has 0 amide bonds. The van der Waals surface area contributed by atoms with Gasteiger partial charge < -0.3 is 5.11 Å². The molecule has 5 heteroatoms. The van der Waals surface area contributed by atoms with Gasteiger partial charge in [-0.25, -0.2) is 0 Å². The minimum absolute atomic E-state index is 0.105. The quantitative estimate of drug-likeness (QED) is 0.669. The van der Waals surface area contributed by atoms with Gasteiger partial charge in [0.15, 0.2) is 0 Å². The highest BCUT2D eigenvalue weighted by Crippen LogP contribution is 2.25. The fraction of sp³-hybridized carbons (Fsp3) is 0.571. The molecule has 2 atom stereocenters. The number of nitro benzene ring substituents is 1. The molecule has 1 heterocycles. The maximum Gasteiger partial charge on any atom is 0.273 e. The van der Waals surface area contributed by atoms with Gasteiger partial charge in [-0.1, -0.05) is 24.6 Å². The lowest BCUT2D eigenvalue weighted by Gasteiger charge is -2.37. The third kappa shape index (κ3) is 3.30. The molecule has 0 aromatic heterocycles. The van der Waals surface area contributed by atoms with Gasteiger partial charge in [0.1, 0.15) is 0 Å². The second kappa shape index (κ2) is 6.12. The van der Waals surface area contributed by atoms with Crippen molar-refractivity contribution in [3.05, 3.63) is 39.9 Å². The number of rotatable bonds is 4. The fourth-order valence-electron chi connectivity index (χ4n) is 2.80. The average molecular weight is 264 g/mol. The Morgan fingerprint density at radius 1 is 1.47 bits per heavy atom. The van der Waals surface area contributed by atoms with Crippen LogP contribution in [0.25, 0.3) is 0 Å². The molecule has 19 heavy (non-hydrogen) atoms. The predicted octanol–water partition coefficient (Wildman–Crippen LogP) is 2.33. The molecule has 0 bridgehead atoms. The lowest BCUT2D eigenvalue weighted by Crippen LogP contribution is -2.45. The summed E-state index contributed by atoms with van der Waals surface area (Å²) in [5.74, 6) is 0. The normalized spacial score (nSPS) is 22.1. The van der Waals surface area contributed by atoms with Crippen molar-refractivity contribution < 1.29 is 10.0 Å². The molecule has 0 aliphatic carbocycles. The number of aliphatic hydroxyl groups excluding tert-OH is 1. The number of hydrogen-bond acceptors (Lipinski definition) is 4. The Hall–Kier alpha value is -1.46. The Morgan fingerprint density at radius 2 is 2.21 bits per heavy atom. The van der Waals surface area contributed by atoms with Crippen LogP contribution in [0.4, 0.5) is 5.69 Å². The summed E-state index contributed by atoms with van der Waals surface area (Å²) < 4.78 is 0. The maximum absolute atomic E-state index is 11.0. The predicted molar refractivity (Wildman–Crippen MR) is 72.8 cm³/mol. The van der Waals surface area contributed by atoms with Gasteiger partial charge in [-0.3, -0.25) is 15.0 Å². The van der Waals surface area contributed by atoms with Gasteiger partial charge in [-0.2, -0.15) is 0 Å². The van der Waals surface area contributed by atoms with Gasteiger partial charge in [0, 0.05) is 24.2 Å². The molecule has 1 aliphatic heterocycles. The number of hydrogen-bond donors (Lipinski definition) is 1. The number of nitrogens with zero attached hydrogens (tertiary/aromatic N) is 2. The van der Waals surface area contributed by atoms with Crippen LogP contribution < -0.4 is 0 Å². The third-order valence-electron chi connectivity index (χ3n) is 3.78. The first-order chi connectivity index (χ1) is 9.09. The van der Waals surface area contributed by atoms with Crippen LogP contribution in [-0.2, 0) is 6.54 Å². The van der Waals surface area contributed by atoms with E-state index in [0.29, 0.717) is 6.54 Å². The van der Waals surface area contributed by atoms with E-state index in [-0.39, 0.29) is 16.7 Å². The van der Waals surface area contributed by atoms with Crippen LogP contribution in [0.15, 0.2) is 24.3 Å². The van der Waals surface area contributed by atoms with Gasteiger partial charge in [0.05, 0.1) is 11.0 Å². The molecule has 1 aliphatic rings. The van der Waals surface area contributed by atoms with Gasteiger partial charge in [0.25, 0.3) is 5.69 Å². The lowest BCUT2D eigenvalue weighted by molar-refractivity contribution is -0.385. The average Bonchev–Trinajstić information content (AvgIpc) is 2.39. The van der Waals surface area contributed by atoms with E-state index in [0.717, 1.165) is 31.4 Å². The Morgan fingerprint density at radius 3 is 2.89 bits per heavy atom. The third-order valence-corrected chi connectivity index (χ3v) is 3.78. The lowest BCUT2D eigenvalue weighted by atomic mass is 9.97. The Bertz CT molecular complexity index is 448. The molecular weight excluding hydrogens is 244 g/mol. The molecule has 1 aromatic carbocycles. The summed E-state index contributed by atoms with van der Waals surface area (Å²) >= 11 is 0. The van der Waals surface area contributed by atoms with Crippen LogP contribution in [0, 0.1) is 10.1 Å². The molecule has 1 saturated heterocycles. The number of likely N-dealkylation sites (tertiary alicyclic amines) is 1. The van der Waals surface area contributed by atoms with E-state index in [2.05, 4.69) is 4.90 Å². The second-order valence-corrected chi connectivity index (χ2v) is 5.16. The van der Waals surface area contributed by atoms with E-state index < -0.39 is 6.10 Å². The van der Waals surface area contributed by atoms with Crippen LogP contribution in [0.5, 0.6) is 0 Å². The van der Waals surface area contributed by atoms with E-state index in [1.807, 2.05) is 6.07 Å². The summed E-state index contributed by atoms with van der Waals surface area (Å²) in [4.78, 5) is 12.8. The molecule has 0 spiro atoms. The summed E-state index contributed by atoms with van der Waals surface area (Å²) in [6.07, 6.45) is 2.76. The van der Waals surface area contributed by atoms with Crippen LogP contribution in [0.1, 0.15) is 31.7 Å². The smallest absolute Gasteiger partial charge is 0.273 e. The van der Waals surface area contributed by atoms with E-state index in [4.69, 9.17) is 0 Å². The summed E-state index contributed by atoms with van der Waals surface area (Å²) in [5.41, 5.74) is 0.887. The van der Waals surface area contributed by atoms with Crippen LogP contribution in [-0.4, -0.2) is 33.6 Å². The zero-order valence-corrected chi connectivity index (χ0v) is 11.2. The van der Waals surface area contributed by atoms with Crippen LogP contribution in [0.3, 0.4) is 0 Å². The van der Waals surface area contributed by atoms with Crippen LogP contribution >= 0.6 is 0 Å². The molecule has 2 rings (SSSR count). The van der Waals surface area contributed by atoms with Gasteiger partial charge in [-0.05, 0) is 26.3 Å². The van der Waals surface area contributed by atoms with Gasteiger partial charge in [0.2, 0.25) is 0 Å². The number of nitro groups is 1. The van der Waals surface area contributed by atoms with Gasteiger partial charge in [-0.15, -0.1) is 0 Å². The van der Waals surface area contributed by atoms with E-state index in [1.54, 1.807) is 19.1 Å². The van der Waals surface area contributed by atoms with Crippen molar-refractivity contribution >= 4 is 5.69 Å². The van der Waals surface area contributed by atoms with Crippen LogP contribution in [0.2, 0.25) is 0 Å². The number of aliphatic hydroxyl groups is 1. The maximum atomic E-state index is 11.0. The molecule has 0 unspecified atom stereocenters. The highest BCUT2D eigenvalue weighted by molar-refractivity contribution is 5.39. The van der Waals surface area contributed by atoms with Crippen molar-refractivity contribution in [2.75, 3.05) is 6.54 Å². The fourth-order valence-corrected chi connectivity index (χ4v) is 2.80. The Balaban J connectivity index is 2.17. The van der Waals surface area contributed by atoms with Crippen molar-refractivity contribution in [1.82, 2.24) is 4.90 Å². The molecule has 1 aromatic rings. The van der Waals surface area contributed by atoms with Gasteiger partial charge >= 0.3 is 0 Å². The summed E-state index contributed by atoms with van der Waals surface area (Å²) in [6, 6.07) is 6.95. The summed E-state index contributed by atoms with van der Waals surface area (Å²) in [6.45, 7) is 3.22. The number of benzene rings is 1. The van der Waals surface area contributed by atoms with E-state index in [1.165, 1.54) is 6.07 Å². The number of para-hydroxylation sites is 1. The molecule has 5 nitrogen and oxygen atoms in total. The van der Waals surface area contributed by atoms with Crippen molar-refractivity contribution in [3.63, 3.8) is 0 Å². The first kappa shape index (κ1) is 14.0. The van der Waals surface area contributed by atoms with Crippen molar-refractivity contribution in [2.45, 2.75) is 44.9 Å². The highest BCUT2D eigenvalue weighted by Gasteiger charge is 2.27. The minimum Gasteiger partial charge on any atom is -0.392 e. The molecular formula is C14H20N2O3. The SMILES string of the molecule is C[C@@H](O)[C@H]1CCCCN1Cc1ccccc1[N+](=O)[O-]. The minimum atomic E-state index is -0.400. The Labute approximate surface area is 113 Å². The summed E-state index contributed by atoms with van der Waals surface area (Å²) in [5, 5.41) is 20.8. The summed E-state index contributed by atoms with van der Waals surface area (Å²) in [7, 11) is 0. The monoisotopic (exact) mass is 264 g/mol. The zero-order chi connectivity index (χ0) is 13.8. The largest absolute Gasteiger partial charge is 0.392 e. The second-order valence-electron chi connectivity index (χ2n) is 5.16. The molecule has 104 valence electrons. The zero-order valence-electron chi connectivity index (χ0n) is 11.2. The number of piperidine rings is 1. The van der Waals surface area contributed by atoms with Crippen molar-refractivity contribution in [2.24, 2.45) is 0 Å². The van der Waals surface area contributed by atoms with Crippen molar-refractivity contribution in [3.8, 4) is 0 Å².